The van der Waals surface area contributed by atoms with Gasteiger partial charge in [0, 0.05) is 23.5 Å². The van der Waals surface area contributed by atoms with Gasteiger partial charge in [-0.25, -0.2) is 9.97 Å². The Morgan fingerprint density at radius 3 is 2.89 bits per heavy atom. The van der Waals surface area contributed by atoms with Crippen LogP contribution >= 0.6 is 11.8 Å². The molecule has 0 bridgehead atoms. The number of hydrogen-bond acceptors (Lipinski definition) is 5. The van der Waals surface area contributed by atoms with E-state index in [1.54, 1.807) is 12.1 Å². The van der Waals surface area contributed by atoms with Crippen molar-refractivity contribution in [2.45, 2.75) is 17.1 Å². The second-order valence-electron chi connectivity index (χ2n) is 3.56. The van der Waals surface area contributed by atoms with Crippen molar-refractivity contribution in [1.29, 1.82) is 5.41 Å². The van der Waals surface area contributed by atoms with Crippen LogP contribution in [0.2, 0.25) is 0 Å². The summed E-state index contributed by atoms with van der Waals surface area (Å²) in [4.78, 5) is 22.1. The van der Waals surface area contributed by atoms with Gasteiger partial charge < -0.3 is 10.7 Å². The minimum absolute atomic E-state index is 0.0664. The van der Waals surface area contributed by atoms with Crippen molar-refractivity contribution >= 4 is 17.6 Å². The number of nitrogens with two attached hydrogens (primary N) is 1. The van der Waals surface area contributed by atoms with Gasteiger partial charge in [0.2, 0.25) is 0 Å². The topological polar surface area (TPSA) is 109 Å². The van der Waals surface area contributed by atoms with E-state index in [4.69, 9.17) is 11.1 Å². The summed E-state index contributed by atoms with van der Waals surface area (Å²) >= 11 is 1.17. The molecule has 0 aromatic carbocycles. The third-order valence-electron chi connectivity index (χ3n) is 2.13. The number of aromatic nitrogens is 3. The van der Waals surface area contributed by atoms with Crippen LogP contribution in [0.1, 0.15) is 11.3 Å². The third-order valence-corrected chi connectivity index (χ3v) is 3.04. The van der Waals surface area contributed by atoms with E-state index >= 15 is 0 Å². The van der Waals surface area contributed by atoms with Gasteiger partial charge in [0.05, 0.1) is 0 Å². The maximum Gasteiger partial charge on any atom is 0.251 e. The number of aryl methyl sites for hydroxylation is 1. The van der Waals surface area contributed by atoms with E-state index in [1.165, 1.54) is 24.0 Å². The lowest BCUT2D eigenvalue weighted by Crippen LogP contribution is -2.13. The Kier molecular flexibility index (Phi) is 3.42. The van der Waals surface area contributed by atoms with Gasteiger partial charge in [-0.1, -0.05) is 0 Å². The molecule has 6 nitrogen and oxygen atoms in total. The molecule has 2 aromatic heterocycles. The molecule has 2 aromatic rings. The Hall–Kier alpha value is -2.15. The quantitative estimate of drug-likeness (QED) is 0.432. The monoisotopic (exact) mass is 261 g/mol. The van der Waals surface area contributed by atoms with E-state index in [9.17, 15) is 4.79 Å². The minimum Gasteiger partial charge on any atom is -0.384 e. The first-order valence-corrected chi connectivity index (χ1v) is 5.93. The van der Waals surface area contributed by atoms with Gasteiger partial charge >= 0.3 is 0 Å². The van der Waals surface area contributed by atoms with E-state index in [1.807, 2.05) is 6.92 Å². The molecule has 92 valence electrons. The Bertz CT molecular complexity index is 652. The fraction of sp³-hybridized carbons (Fsp3) is 0.0909. The number of nitrogen functional groups attached to an aromatic ring is 1. The molecule has 0 radical (unpaired) electrons. The summed E-state index contributed by atoms with van der Waals surface area (Å²) in [6, 6.07) is 4.84. The lowest BCUT2D eigenvalue weighted by Gasteiger charge is -2.06. The first kappa shape index (κ1) is 12.3. The minimum atomic E-state index is -0.232. The number of pyridine rings is 1. The summed E-state index contributed by atoms with van der Waals surface area (Å²) in [7, 11) is 0. The largest absolute Gasteiger partial charge is 0.384 e. The Morgan fingerprint density at radius 2 is 2.22 bits per heavy atom. The number of hydrogen-bond donors (Lipinski definition) is 3. The molecular weight excluding hydrogens is 250 g/mol. The number of nitrogens with one attached hydrogen (secondary N) is 2. The molecule has 0 spiro atoms. The molecule has 0 aliphatic heterocycles. The molecule has 0 amide bonds. The van der Waals surface area contributed by atoms with E-state index in [-0.39, 0.29) is 11.4 Å². The molecule has 0 atom stereocenters. The summed E-state index contributed by atoms with van der Waals surface area (Å²) in [5.41, 5.74) is 6.59. The van der Waals surface area contributed by atoms with Gasteiger partial charge in [-0.2, -0.15) is 0 Å². The van der Waals surface area contributed by atoms with Gasteiger partial charge in [0.25, 0.3) is 5.56 Å². The van der Waals surface area contributed by atoms with Gasteiger partial charge in [-0.15, -0.1) is 0 Å². The fourth-order valence-electron chi connectivity index (χ4n) is 1.31. The molecule has 7 heteroatoms. The number of nitrogens with zero attached hydrogens (tertiary/aromatic N) is 2. The average molecular weight is 261 g/mol. The van der Waals surface area contributed by atoms with Gasteiger partial charge in [-0.05, 0) is 30.8 Å². The molecule has 0 aliphatic rings. The van der Waals surface area contributed by atoms with Crippen LogP contribution in [0, 0.1) is 12.3 Å². The number of H-pyrrole nitrogens is 1. The van der Waals surface area contributed by atoms with Crippen molar-refractivity contribution in [3.8, 4) is 0 Å². The Morgan fingerprint density at radius 1 is 1.44 bits per heavy atom. The highest BCUT2D eigenvalue weighted by Gasteiger charge is 2.10. The van der Waals surface area contributed by atoms with E-state index in [0.29, 0.717) is 15.7 Å². The van der Waals surface area contributed by atoms with Crippen LogP contribution in [0.15, 0.2) is 39.4 Å². The first-order valence-electron chi connectivity index (χ1n) is 5.11. The van der Waals surface area contributed by atoms with Crippen LogP contribution in [0.5, 0.6) is 0 Å². The molecule has 0 aliphatic carbocycles. The summed E-state index contributed by atoms with van der Waals surface area (Å²) < 4.78 is 0. The van der Waals surface area contributed by atoms with Crippen molar-refractivity contribution in [2.24, 2.45) is 5.73 Å². The van der Waals surface area contributed by atoms with Crippen molar-refractivity contribution in [1.82, 2.24) is 15.0 Å². The maximum absolute atomic E-state index is 11.2. The summed E-state index contributed by atoms with van der Waals surface area (Å²) in [6.45, 7) is 1.84. The molecule has 0 unspecified atom stereocenters. The third kappa shape index (κ3) is 2.75. The molecule has 0 saturated heterocycles. The first-order chi connectivity index (χ1) is 8.56. The number of amidine groups is 1. The van der Waals surface area contributed by atoms with Crippen LogP contribution in [0.25, 0.3) is 0 Å². The second-order valence-corrected chi connectivity index (χ2v) is 4.54. The molecule has 4 N–H and O–H groups in total. The predicted molar refractivity (Wildman–Crippen MR) is 69.0 cm³/mol. The smallest absolute Gasteiger partial charge is 0.251 e. The van der Waals surface area contributed by atoms with Crippen molar-refractivity contribution in [2.75, 3.05) is 0 Å². The van der Waals surface area contributed by atoms with Gasteiger partial charge in [0.1, 0.15) is 10.9 Å². The van der Waals surface area contributed by atoms with E-state index in [2.05, 4.69) is 15.0 Å². The summed E-state index contributed by atoms with van der Waals surface area (Å²) in [5.74, 6) is -0.0664. The normalized spacial score (nSPS) is 10.3. The predicted octanol–water partition coefficient (Wildman–Crippen LogP) is 0.909. The van der Waals surface area contributed by atoms with Crippen LogP contribution in [-0.2, 0) is 0 Å². The van der Waals surface area contributed by atoms with Crippen LogP contribution in [0.4, 0.5) is 0 Å². The molecule has 2 heterocycles. The van der Waals surface area contributed by atoms with Crippen LogP contribution in [-0.4, -0.2) is 20.8 Å². The van der Waals surface area contributed by atoms with Crippen molar-refractivity contribution in [3.63, 3.8) is 0 Å². The summed E-state index contributed by atoms with van der Waals surface area (Å²) in [6.07, 6.45) is 1.42. The fourth-order valence-corrected chi connectivity index (χ4v) is 2.24. The Labute approximate surface area is 107 Å². The zero-order chi connectivity index (χ0) is 13.1. The highest BCUT2D eigenvalue weighted by molar-refractivity contribution is 7.99. The molecule has 0 saturated carbocycles. The van der Waals surface area contributed by atoms with Crippen molar-refractivity contribution in [3.05, 3.63) is 46.0 Å². The number of aromatic amines is 1. The average Bonchev–Trinajstić information content (AvgIpc) is 2.28. The molecule has 2 rings (SSSR count). The number of rotatable bonds is 3. The second kappa shape index (κ2) is 5.01. The van der Waals surface area contributed by atoms with Gasteiger partial charge in [-0.3, -0.25) is 10.2 Å². The Balaban J connectivity index is 2.42. The van der Waals surface area contributed by atoms with E-state index < -0.39 is 0 Å². The lowest BCUT2D eigenvalue weighted by molar-refractivity contribution is 0.928. The lowest BCUT2D eigenvalue weighted by atomic mass is 10.2. The van der Waals surface area contributed by atoms with Gasteiger partial charge in [0.15, 0.2) is 5.16 Å². The van der Waals surface area contributed by atoms with Crippen LogP contribution in [0.3, 0.4) is 0 Å². The summed E-state index contributed by atoms with van der Waals surface area (Å²) in [5, 5.41) is 8.46. The SMILES string of the molecule is Cc1ccc(C(=N)N)c(Sc2nccc(=O)[nH]2)n1. The molecule has 18 heavy (non-hydrogen) atoms. The van der Waals surface area contributed by atoms with Crippen molar-refractivity contribution < 1.29 is 0 Å². The zero-order valence-electron chi connectivity index (χ0n) is 9.60. The molecular formula is C11H11N5OS. The molecule has 0 fully saturated rings. The zero-order valence-corrected chi connectivity index (χ0v) is 10.4. The standard InChI is InChI=1S/C11H11N5OS/c1-6-2-3-7(9(12)13)10(15-6)18-11-14-5-4-8(17)16-11/h2-5H,1H3,(H3,12,13)(H,14,16,17). The highest BCUT2D eigenvalue weighted by atomic mass is 32.2. The maximum atomic E-state index is 11.2. The highest BCUT2D eigenvalue weighted by Crippen LogP contribution is 2.25. The van der Waals surface area contributed by atoms with Crippen LogP contribution < -0.4 is 11.3 Å². The van der Waals surface area contributed by atoms with E-state index in [0.717, 1.165) is 5.69 Å².